The molecule has 2 fully saturated rings. The Hall–Kier alpha value is -1.37. The maximum Gasteiger partial charge on any atom is 0.286 e. The third kappa shape index (κ3) is 2.39. The van der Waals surface area contributed by atoms with Crippen LogP contribution in [0.3, 0.4) is 0 Å². The highest BCUT2D eigenvalue weighted by Crippen LogP contribution is 2.36. The van der Waals surface area contributed by atoms with Crippen LogP contribution in [0.2, 0.25) is 0 Å². The third-order valence-corrected chi connectivity index (χ3v) is 5.80. The van der Waals surface area contributed by atoms with Crippen LogP contribution in [0.4, 0.5) is 0 Å². The minimum absolute atomic E-state index is 0.0405. The summed E-state index contributed by atoms with van der Waals surface area (Å²) in [6.07, 6.45) is 5.00. The van der Waals surface area contributed by atoms with E-state index in [1.165, 1.54) is 6.26 Å². The van der Waals surface area contributed by atoms with Gasteiger partial charge in [0.2, 0.25) is 10.0 Å². The minimum Gasteiger partial charge on any atom is -0.448 e. The molecule has 19 heavy (non-hydrogen) atoms. The summed E-state index contributed by atoms with van der Waals surface area (Å²) in [6, 6.07) is 0. The zero-order valence-electron chi connectivity index (χ0n) is 10.6. The lowest BCUT2D eigenvalue weighted by molar-refractivity contribution is 0.0976. The van der Waals surface area contributed by atoms with Crippen molar-refractivity contribution in [2.75, 3.05) is 0 Å². The molecule has 0 bridgehead atoms. The molecular formula is C12H16N2O4S. The zero-order valence-corrected chi connectivity index (χ0v) is 11.4. The van der Waals surface area contributed by atoms with Crippen molar-refractivity contribution in [3.63, 3.8) is 0 Å². The normalized spacial score (nSPS) is 26.8. The molecule has 2 aliphatic rings. The monoisotopic (exact) mass is 284 g/mol. The lowest BCUT2D eigenvalue weighted by Gasteiger charge is -2.21. The number of aromatic nitrogens is 1. The molecule has 0 saturated heterocycles. The zero-order chi connectivity index (χ0) is 13.6. The molecule has 1 heterocycles. The maximum absolute atomic E-state index is 11.8. The quantitative estimate of drug-likeness (QED) is 0.903. The Morgan fingerprint density at radius 2 is 2.16 bits per heavy atom. The fourth-order valence-corrected chi connectivity index (χ4v) is 3.90. The van der Waals surface area contributed by atoms with Crippen LogP contribution in [-0.2, 0) is 10.0 Å². The number of sulfonamides is 1. The van der Waals surface area contributed by atoms with Gasteiger partial charge in [0.1, 0.15) is 6.26 Å². The van der Waals surface area contributed by atoms with Crippen LogP contribution in [0.25, 0.3) is 0 Å². The van der Waals surface area contributed by atoms with Crippen LogP contribution >= 0.6 is 0 Å². The van der Waals surface area contributed by atoms with Gasteiger partial charge in [0.15, 0.2) is 11.6 Å². The molecule has 7 heteroatoms. The molecule has 0 aromatic carbocycles. The number of nitrogens with zero attached hydrogens (tertiary/aromatic N) is 1. The highest BCUT2D eigenvalue weighted by atomic mass is 32.2. The van der Waals surface area contributed by atoms with Gasteiger partial charge in [0.25, 0.3) is 5.91 Å². The molecule has 2 saturated carbocycles. The van der Waals surface area contributed by atoms with Gasteiger partial charge in [-0.1, -0.05) is 13.3 Å². The molecule has 6 nitrogen and oxygen atoms in total. The van der Waals surface area contributed by atoms with Crippen LogP contribution in [0, 0.1) is 5.92 Å². The van der Waals surface area contributed by atoms with E-state index in [-0.39, 0.29) is 17.5 Å². The van der Waals surface area contributed by atoms with Crippen molar-refractivity contribution in [3.8, 4) is 0 Å². The SMILES string of the molecule is CC1CC1S(=O)(=O)NC(=O)c1coc(C2CCC2)n1. The molecule has 1 amide bonds. The van der Waals surface area contributed by atoms with E-state index in [4.69, 9.17) is 4.42 Å². The predicted molar refractivity (Wildman–Crippen MR) is 67.1 cm³/mol. The van der Waals surface area contributed by atoms with Crippen LogP contribution in [-0.4, -0.2) is 24.6 Å². The summed E-state index contributed by atoms with van der Waals surface area (Å²) in [7, 11) is -3.57. The Morgan fingerprint density at radius 3 is 2.68 bits per heavy atom. The largest absolute Gasteiger partial charge is 0.448 e. The van der Waals surface area contributed by atoms with Crippen molar-refractivity contribution >= 4 is 15.9 Å². The summed E-state index contributed by atoms with van der Waals surface area (Å²) in [6.45, 7) is 1.85. The first-order valence-corrected chi connectivity index (χ1v) is 8.03. The fourth-order valence-electron chi connectivity index (χ4n) is 2.21. The highest BCUT2D eigenvalue weighted by molar-refractivity contribution is 7.91. The molecule has 3 rings (SSSR count). The number of hydrogen-bond donors (Lipinski definition) is 1. The van der Waals surface area contributed by atoms with Crippen LogP contribution in [0.5, 0.6) is 0 Å². The van der Waals surface area contributed by atoms with Crippen LogP contribution in [0.1, 0.15) is 54.9 Å². The minimum atomic E-state index is -3.57. The van der Waals surface area contributed by atoms with Gasteiger partial charge in [-0.25, -0.2) is 18.1 Å². The molecule has 2 unspecified atom stereocenters. The average molecular weight is 284 g/mol. The Balaban J connectivity index is 1.68. The number of carbonyl (C=O) groups is 1. The maximum atomic E-state index is 11.8. The van der Waals surface area contributed by atoms with E-state index < -0.39 is 21.2 Å². The van der Waals surface area contributed by atoms with Gasteiger partial charge in [-0.15, -0.1) is 0 Å². The lowest BCUT2D eigenvalue weighted by atomic mass is 9.85. The molecule has 1 aromatic heterocycles. The van der Waals surface area contributed by atoms with E-state index in [2.05, 4.69) is 9.71 Å². The van der Waals surface area contributed by atoms with Crippen molar-refractivity contribution in [2.24, 2.45) is 5.92 Å². The first kappa shape index (κ1) is 12.7. The summed E-state index contributed by atoms with van der Waals surface area (Å²) >= 11 is 0. The second-order valence-corrected chi connectivity index (χ2v) is 7.33. The molecule has 2 aliphatic carbocycles. The predicted octanol–water partition coefficient (Wildman–Crippen LogP) is 1.41. The summed E-state index contributed by atoms with van der Waals surface area (Å²) in [5.41, 5.74) is 0.0405. The molecule has 0 radical (unpaired) electrons. The number of hydrogen-bond acceptors (Lipinski definition) is 5. The average Bonchev–Trinajstić information content (AvgIpc) is 2.82. The number of rotatable bonds is 4. The van der Waals surface area contributed by atoms with Crippen molar-refractivity contribution in [3.05, 3.63) is 17.8 Å². The Bertz CT molecular complexity index is 603. The van der Waals surface area contributed by atoms with Crippen molar-refractivity contribution in [1.29, 1.82) is 0 Å². The second kappa shape index (κ2) is 4.33. The van der Waals surface area contributed by atoms with Gasteiger partial charge < -0.3 is 4.42 Å². The number of oxazole rings is 1. The van der Waals surface area contributed by atoms with Gasteiger partial charge >= 0.3 is 0 Å². The van der Waals surface area contributed by atoms with E-state index in [1.54, 1.807) is 0 Å². The summed E-state index contributed by atoms with van der Waals surface area (Å²) < 4.78 is 30.9. The van der Waals surface area contributed by atoms with Gasteiger partial charge in [-0.2, -0.15) is 0 Å². The van der Waals surface area contributed by atoms with Crippen LogP contribution < -0.4 is 4.72 Å². The Morgan fingerprint density at radius 1 is 1.47 bits per heavy atom. The molecular weight excluding hydrogens is 268 g/mol. The van der Waals surface area contributed by atoms with E-state index in [0.29, 0.717) is 12.3 Å². The second-order valence-electron chi connectivity index (χ2n) is 5.43. The highest BCUT2D eigenvalue weighted by Gasteiger charge is 2.45. The standard InChI is InChI=1S/C12H16N2O4S/c1-7-5-10(7)19(16,17)14-11(15)9-6-18-12(13-9)8-3-2-4-8/h6-8,10H,2-5H2,1H3,(H,14,15). The van der Waals surface area contributed by atoms with Gasteiger partial charge in [0, 0.05) is 5.92 Å². The Kier molecular flexibility index (Phi) is 2.88. The van der Waals surface area contributed by atoms with Crippen molar-refractivity contribution in [1.82, 2.24) is 9.71 Å². The molecule has 1 aromatic rings. The smallest absolute Gasteiger partial charge is 0.286 e. The number of amides is 1. The van der Waals surface area contributed by atoms with E-state index in [1.807, 2.05) is 6.92 Å². The molecule has 1 N–H and O–H groups in total. The molecule has 0 spiro atoms. The molecule has 2 atom stereocenters. The number of carbonyl (C=O) groups excluding carboxylic acids is 1. The van der Waals surface area contributed by atoms with Crippen LogP contribution in [0.15, 0.2) is 10.7 Å². The first-order valence-electron chi connectivity index (χ1n) is 6.49. The Labute approximate surface area is 111 Å². The van der Waals surface area contributed by atoms with E-state index >= 15 is 0 Å². The third-order valence-electron chi connectivity index (χ3n) is 3.88. The first-order chi connectivity index (χ1) is 8.97. The topological polar surface area (TPSA) is 89.3 Å². The fraction of sp³-hybridized carbons (Fsp3) is 0.667. The summed E-state index contributed by atoms with van der Waals surface area (Å²) in [5, 5.41) is -0.450. The lowest BCUT2D eigenvalue weighted by Crippen LogP contribution is -2.34. The van der Waals surface area contributed by atoms with Gasteiger partial charge in [-0.05, 0) is 25.2 Å². The van der Waals surface area contributed by atoms with Gasteiger partial charge in [0.05, 0.1) is 5.25 Å². The summed E-state index contributed by atoms with van der Waals surface area (Å²) in [4.78, 5) is 15.9. The molecule has 104 valence electrons. The van der Waals surface area contributed by atoms with Gasteiger partial charge in [-0.3, -0.25) is 4.79 Å². The van der Waals surface area contributed by atoms with Crippen molar-refractivity contribution < 1.29 is 17.6 Å². The number of nitrogens with one attached hydrogen (secondary N) is 1. The molecule has 0 aliphatic heterocycles. The van der Waals surface area contributed by atoms with E-state index in [0.717, 1.165) is 19.3 Å². The summed E-state index contributed by atoms with van der Waals surface area (Å²) in [5.74, 6) is 0.233. The van der Waals surface area contributed by atoms with E-state index in [9.17, 15) is 13.2 Å². The van der Waals surface area contributed by atoms with Crippen molar-refractivity contribution in [2.45, 2.75) is 43.8 Å².